The van der Waals surface area contributed by atoms with Gasteiger partial charge in [-0.25, -0.2) is 18.6 Å². The predicted octanol–water partition coefficient (Wildman–Crippen LogP) is 3.92. The van der Waals surface area contributed by atoms with E-state index >= 15 is 0 Å². The summed E-state index contributed by atoms with van der Waals surface area (Å²) in [6.07, 6.45) is -0.887. The Morgan fingerprint density at radius 1 is 1.60 bits per heavy atom. The van der Waals surface area contributed by atoms with Crippen LogP contribution in [0.3, 0.4) is 0 Å². The minimum atomic E-state index is -1.29. The third kappa shape index (κ3) is 3.54. The topological polar surface area (TPSA) is 70.9 Å². The second kappa shape index (κ2) is 7.20. The summed E-state index contributed by atoms with van der Waals surface area (Å²) in [7, 11) is 0. The monoisotopic (exact) mass is 434 g/mol. The number of carboxylic acid groups (broad SMARTS) is 1. The summed E-state index contributed by atoms with van der Waals surface area (Å²) >= 11 is 4.37. The molecule has 0 spiro atoms. The van der Waals surface area contributed by atoms with Gasteiger partial charge in [0, 0.05) is 21.2 Å². The summed E-state index contributed by atoms with van der Waals surface area (Å²) in [6.45, 7) is 1.28. The Hall–Kier alpha value is -1.19. The number of thioether (sulfide) groups is 1. The van der Waals surface area contributed by atoms with Gasteiger partial charge in [-0.3, -0.25) is 5.32 Å². The van der Waals surface area contributed by atoms with Crippen LogP contribution in [-0.4, -0.2) is 41.0 Å². The van der Waals surface area contributed by atoms with Gasteiger partial charge in [0.15, 0.2) is 5.17 Å². The Bertz CT molecular complexity index is 721. The molecule has 4 atom stereocenters. The molecule has 5 nitrogen and oxygen atoms in total. The van der Waals surface area contributed by atoms with Crippen molar-refractivity contribution in [1.82, 2.24) is 5.32 Å². The fraction of sp³-hybridized carbons (Fsp3) is 0.500. The lowest BCUT2D eigenvalue weighted by Crippen LogP contribution is -2.54. The van der Waals surface area contributed by atoms with E-state index in [4.69, 9.17) is 9.84 Å². The summed E-state index contributed by atoms with van der Waals surface area (Å²) in [6, 6.07) is 4.49. The van der Waals surface area contributed by atoms with E-state index in [1.54, 1.807) is 12.1 Å². The highest BCUT2D eigenvalue weighted by Gasteiger charge is 2.53. The molecule has 1 aromatic rings. The molecule has 2 aliphatic rings. The van der Waals surface area contributed by atoms with Crippen molar-refractivity contribution in [3.8, 4) is 0 Å². The lowest BCUT2D eigenvalue weighted by Gasteiger charge is -2.48. The van der Waals surface area contributed by atoms with Crippen LogP contribution in [0.1, 0.15) is 18.9 Å². The first-order chi connectivity index (χ1) is 11.9. The smallest absolute Gasteiger partial charge is 0.410 e. The maximum Gasteiger partial charge on any atom is 0.410 e. The normalized spacial score (nSPS) is 31.8. The number of rotatable bonds is 2. The Labute approximate surface area is 156 Å². The van der Waals surface area contributed by atoms with E-state index in [1.165, 1.54) is 6.07 Å². The second-order valence-electron chi connectivity index (χ2n) is 6.17. The van der Waals surface area contributed by atoms with E-state index in [9.17, 15) is 13.6 Å². The Morgan fingerprint density at radius 3 is 3.04 bits per heavy atom. The van der Waals surface area contributed by atoms with Gasteiger partial charge in [-0.05, 0) is 31.5 Å². The zero-order valence-electron chi connectivity index (χ0n) is 13.3. The highest BCUT2D eigenvalue weighted by Crippen LogP contribution is 2.50. The van der Waals surface area contributed by atoms with Crippen LogP contribution < -0.4 is 5.32 Å². The highest BCUT2D eigenvalue weighted by molar-refractivity contribution is 9.10. The van der Waals surface area contributed by atoms with Crippen LogP contribution in [0.4, 0.5) is 13.6 Å². The van der Waals surface area contributed by atoms with Crippen molar-refractivity contribution in [3.05, 3.63) is 34.1 Å². The number of nitrogens with one attached hydrogen (secondary N) is 1. The van der Waals surface area contributed by atoms with Gasteiger partial charge in [-0.1, -0.05) is 27.7 Å². The van der Waals surface area contributed by atoms with E-state index in [0.29, 0.717) is 10.9 Å². The fourth-order valence-electron chi connectivity index (χ4n) is 3.46. The molecule has 0 aromatic heterocycles. The van der Waals surface area contributed by atoms with Crippen molar-refractivity contribution < 1.29 is 23.4 Å². The van der Waals surface area contributed by atoms with Crippen molar-refractivity contribution in [3.63, 3.8) is 0 Å². The van der Waals surface area contributed by atoms with Crippen molar-refractivity contribution in [1.29, 1.82) is 0 Å². The standard InChI is InChI=1S/C16H17BrF2N2O3S/c1-8-4-11-13(6-18)25-14(20-15(22)23)21-16(11,7-24-8)10-5-9(17)2-3-12(10)19/h2-3,5,8,11,13H,4,6-7H2,1H3,(H,20,21)(H,22,23)/t8-,11-,13+,16+/m0/s1. The number of fused-ring (bicyclic) bond motifs is 1. The van der Waals surface area contributed by atoms with Gasteiger partial charge in [0.05, 0.1) is 12.7 Å². The van der Waals surface area contributed by atoms with Gasteiger partial charge < -0.3 is 9.84 Å². The predicted molar refractivity (Wildman–Crippen MR) is 95.2 cm³/mol. The van der Waals surface area contributed by atoms with Crippen LogP contribution in [0.5, 0.6) is 0 Å². The van der Waals surface area contributed by atoms with Crippen LogP contribution in [-0.2, 0) is 10.3 Å². The Balaban J connectivity index is 2.17. The number of ether oxygens (including phenoxy) is 1. The third-order valence-corrected chi connectivity index (χ3v) is 6.23. The number of aliphatic imine (C=N–C) groups is 1. The quantitative estimate of drug-likeness (QED) is 0.739. The number of benzene rings is 1. The molecule has 9 heteroatoms. The van der Waals surface area contributed by atoms with E-state index < -0.39 is 29.4 Å². The summed E-state index contributed by atoms with van der Waals surface area (Å²) in [5, 5.41) is 10.7. The minimum Gasteiger partial charge on any atom is -0.465 e. The van der Waals surface area contributed by atoms with Crippen LogP contribution in [0, 0.1) is 11.7 Å². The molecule has 0 bridgehead atoms. The molecule has 25 heavy (non-hydrogen) atoms. The van der Waals surface area contributed by atoms with E-state index in [2.05, 4.69) is 26.2 Å². The maximum absolute atomic E-state index is 14.7. The zero-order chi connectivity index (χ0) is 18.2. The first-order valence-corrected chi connectivity index (χ1v) is 9.42. The molecular weight excluding hydrogens is 418 g/mol. The Morgan fingerprint density at radius 2 is 2.36 bits per heavy atom. The second-order valence-corrected chi connectivity index (χ2v) is 8.31. The van der Waals surface area contributed by atoms with Crippen molar-refractivity contribution in [2.45, 2.75) is 30.2 Å². The average Bonchev–Trinajstić information content (AvgIpc) is 2.56. The molecule has 2 N–H and O–H groups in total. The van der Waals surface area contributed by atoms with Gasteiger partial charge in [0.1, 0.15) is 18.0 Å². The molecule has 1 saturated heterocycles. The molecule has 0 saturated carbocycles. The molecule has 1 aromatic carbocycles. The SMILES string of the molecule is C[C@H]1C[C@H]2[C@@H](CF)SC(NC(=O)O)=N[C@@]2(c2cc(Br)ccc2F)CO1. The van der Waals surface area contributed by atoms with Crippen molar-refractivity contribution >= 4 is 39.0 Å². The number of amidine groups is 1. The summed E-state index contributed by atoms with van der Waals surface area (Å²) in [5.74, 6) is -0.788. The first kappa shape index (κ1) is 18.6. The number of amides is 1. The molecular formula is C16H17BrF2N2O3S. The molecule has 1 fully saturated rings. The maximum atomic E-state index is 14.7. The van der Waals surface area contributed by atoms with Gasteiger partial charge in [-0.15, -0.1) is 0 Å². The lowest BCUT2D eigenvalue weighted by atomic mass is 9.72. The van der Waals surface area contributed by atoms with E-state index in [1.807, 2.05) is 6.92 Å². The van der Waals surface area contributed by atoms with Crippen LogP contribution in [0.25, 0.3) is 0 Å². The van der Waals surface area contributed by atoms with E-state index in [0.717, 1.165) is 11.8 Å². The largest absolute Gasteiger partial charge is 0.465 e. The number of hydrogen-bond acceptors (Lipinski definition) is 4. The molecule has 136 valence electrons. The molecule has 0 unspecified atom stereocenters. The molecule has 0 aliphatic carbocycles. The number of hydrogen-bond donors (Lipinski definition) is 2. The number of halogens is 3. The average molecular weight is 435 g/mol. The Kier molecular flexibility index (Phi) is 5.36. The molecule has 0 radical (unpaired) electrons. The van der Waals surface area contributed by atoms with Gasteiger partial charge >= 0.3 is 6.09 Å². The fourth-order valence-corrected chi connectivity index (χ4v) is 5.03. The van der Waals surface area contributed by atoms with Gasteiger partial charge in [0.2, 0.25) is 0 Å². The van der Waals surface area contributed by atoms with E-state index in [-0.39, 0.29) is 29.4 Å². The van der Waals surface area contributed by atoms with Crippen LogP contribution in [0.2, 0.25) is 0 Å². The lowest BCUT2D eigenvalue weighted by molar-refractivity contribution is -0.0558. The van der Waals surface area contributed by atoms with Crippen molar-refractivity contribution in [2.75, 3.05) is 13.3 Å². The summed E-state index contributed by atoms with van der Waals surface area (Å²) in [5.41, 5.74) is -0.887. The first-order valence-electron chi connectivity index (χ1n) is 7.75. The third-order valence-electron chi connectivity index (χ3n) is 4.56. The number of carbonyl (C=O) groups is 1. The number of alkyl halides is 1. The highest BCUT2D eigenvalue weighted by atomic mass is 79.9. The van der Waals surface area contributed by atoms with Gasteiger partial charge in [-0.2, -0.15) is 0 Å². The molecule has 2 heterocycles. The van der Waals surface area contributed by atoms with Crippen LogP contribution in [0.15, 0.2) is 27.7 Å². The van der Waals surface area contributed by atoms with Crippen molar-refractivity contribution in [2.24, 2.45) is 10.9 Å². The van der Waals surface area contributed by atoms with Gasteiger partial charge in [0.25, 0.3) is 0 Å². The molecule has 2 aliphatic heterocycles. The molecule has 1 amide bonds. The summed E-state index contributed by atoms with van der Waals surface area (Å²) in [4.78, 5) is 15.5. The summed E-state index contributed by atoms with van der Waals surface area (Å²) < 4.78 is 34.8. The molecule has 3 rings (SSSR count). The minimum absolute atomic E-state index is 0.0592. The van der Waals surface area contributed by atoms with Crippen LogP contribution >= 0.6 is 27.7 Å². The zero-order valence-corrected chi connectivity index (χ0v) is 15.7. The number of nitrogens with zero attached hydrogens (tertiary/aromatic N) is 1.